The first kappa shape index (κ1) is 18.3. The smallest absolute Gasteiger partial charge is 0.132 e. The molecular formula is C16H26FNO2S. The third-order valence-electron chi connectivity index (χ3n) is 3.77. The number of rotatable bonds is 9. The van der Waals surface area contributed by atoms with Gasteiger partial charge in [-0.05, 0) is 38.3 Å². The first-order valence-electron chi connectivity index (χ1n) is 7.24. The summed E-state index contributed by atoms with van der Waals surface area (Å²) in [6.07, 6.45) is 2.79. The standard InChI is InChI=1S/C16H26FNO2S/c1-5-12(11-21-4)18(2)10-9-14(19)16-13(17)7-6-8-15(16)20-3/h6-8,12,14,19H,5,9-11H2,1-4H3. The number of methoxy groups -OCH3 is 1. The van der Waals surface area contributed by atoms with Gasteiger partial charge in [-0.15, -0.1) is 0 Å². The van der Waals surface area contributed by atoms with Crippen molar-refractivity contribution in [3.05, 3.63) is 29.6 Å². The highest BCUT2D eigenvalue weighted by atomic mass is 32.2. The van der Waals surface area contributed by atoms with E-state index in [1.54, 1.807) is 12.1 Å². The summed E-state index contributed by atoms with van der Waals surface area (Å²) in [6, 6.07) is 5.10. The average molecular weight is 315 g/mol. The van der Waals surface area contributed by atoms with Gasteiger partial charge in [0.25, 0.3) is 0 Å². The van der Waals surface area contributed by atoms with Crippen LogP contribution in [-0.2, 0) is 0 Å². The lowest BCUT2D eigenvalue weighted by molar-refractivity contribution is 0.132. The fourth-order valence-electron chi connectivity index (χ4n) is 2.42. The van der Waals surface area contributed by atoms with Crippen molar-refractivity contribution in [3.8, 4) is 5.75 Å². The van der Waals surface area contributed by atoms with Gasteiger partial charge in [0, 0.05) is 18.3 Å². The van der Waals surface area contributed by atoms with Gasteiger partial charge in [-0.1, -0.05) is 13.0 Å². The number of halogens is 1. The molecule has 0 amide bonds. The van der Waals surface area contributed by atoms with E-state index in [1.165, 1.54) is 13.2 Å². The maximum absolute atomic E-state index is 13.9. The Kier molecular flexibility index (Phi) is 8.07. The summed E-state index contributed by atoms with van der Waals surface area (Å²) in [5.74, 6) is 1.05. The van der Waals surface area contributed by atoms with Crippen LogP contribution in [0.5, 0.6) is 5.75 Å². The summed E-state index contributed by atoms with van der Waals surface area (Å²) in [5, 5.41) is 10.3. The molecule has 3 nitrogen and oxygen atoms in total. The van der Waals surface area contributed by atoms with Crippen LogP contribution in [0.25, 0.3) is 0 Å². The molecule has 0 aliphatic rings. The number of thioether (sulfide) groups is 1. The quantitative estimate of drug-likeness (QED) is 0.758. The maximum Gasteiger partial charge on any atom is 0.132 e. The Morgan fingerprint density at radius 3 is 2.71 bits per heavy atom. The molecule has 0 aromatic heterocycles. The molecule has 120 valence electrons. The number of aliphatic hydroxyl groups excluding tert-OH is 1. The molecule has 0 radical (unpaired) electrons. The third-order valence-corrected chi connectivity index (χ3v) is 4.49. The highest BCUT2D eigenvalue weighted by molar-refractivity contribution is 7.98. The van der Waals surface area contributed by atoms with Crippen molar-refractivity contribution in [2.24, 2.45) is 0 Å². The monoisotopic (exact) mass is 315 g/mol. The van der Waals surface area contributed by atoms with E-state index in [0.717, 1.165) is 18.7 Å². The van der Waals surface area contributed by atoms with Crippen LogP contribution in [0.2, 0.25) is 0 Å². The highest BCUT2D eigenvalue weighted by Gasteiger charge is 2.20. The molecule has 21 heavy (non-hydrogen) atoms. The van der Waals surface area contributed by atoms with E-state index in [-0.39, 0.29) is 5.56 Å². The molecule has 0 heterocycles. The summed E-state index contributed by atoms with van der Waals surface area (Å²) in [6.45, 7) is 2.88. The number of aliphatic hydroxyl groups is 1. The highest BCUT2D eigenvalue weighted by Crippen LogP contribution is 2.30. The van der Waals surface area contributed by atoms with Crippen molar-refractivity contribution in [3.63, 3.8) is 0 Å². The fraction of sp³-hybridized carbons (Fsp3) is 0.625. The Hall–Kier alpha value is -0.780. The molecule has 1 N–H and O–H groups in total. The van der Waals surface area contributed by atoms with Crippen LogP contribution in [0.3, 0.4) is 0 Å². The second-order valence-electron chi connectivity index (χ2n) is 5.16. The van der Waals surface area contributed by atoms with Crippen molar-refractivity contribution < 1.29 is 14.2 Å². The second kappa shape index (κ2) is 9.28. The predicted octanol–water partition coefficient (Wildman–Crippen LogP) is 3.33. The normalized spacial score (nSPS) is 14.2. The molecule has 0 fully saturated rings. The summed E-state index contributed by atoms with van der Waals surface area (Å²) >= 11 is 1.82. The van der Waals surface area contributed by atoms with Crippen molar-refractivity contribution in [1.82, 2.24) is 4.90 Å². The molecule has 1 rings (SSSR count). The molecular weight excluding hydrogens is 289 g/mol. The summed E-state index contributed by atoms with van der Waals surface area (Å²) in [5.41, 5.74) is 0.256. The molecule has 0 saturated heterocycles. The summed E-state index contributed by atoms with van der Waals surface area (Å²) in [7, 11) is 3.54. The van der Waals surface area contributed by atoms with Gasteiger partial charge in [0.15, 0.2) is 0 Å². The molecule has 2 atom stereocenters. The minimum Gasteiger partial charge on any atom is -0.496 e. The molecule has 1 aromatic carbocycles. The van der Waals surface area contributed by atoms with E-state index in [4.69, 9.17) is 4.74 Å². The van der Waals surface area contributed by atoms with E-state index >= 15 is 0 Å². The fourth-order valence-corrected chi connectivity index (χ4v) is 3.30. The van der Waals surface area contributed by atoms with Crippen LogP contribution < -0.4 is 4.74 Å². The number of nitrogens with zero attached hydrogens (tertiary/aromatic N) is 1. The zero-order valence-electron chi connectivity index (χ0n) is 13.3. The average Bonchev–Trinajstić information content (AvgIpc) is 2.49. The molecule has 2 unspecified atom stereocenters. The van der Waals surface area contributed by atoms with Crippen molar-refractivity contribution in [2.45, 2.75) is 31.9 Å². The molecule has 0 aliphatic carbocycles. The van der Waals surface area contributed by atoms with Gasteiger partial charge >= 0.3 is 0 Å². The van der Waals surface area contributed by atoms with Crippen LogP contribution >= 0.6 is 11.8 Å². The molecule has 1 aromatic rings. The second-order valence-corrected chi connectivity index (χ2v) is 6.07. The zero-order valence-corrected chi connectivity index (χ0v) is 14.1. The van der Waals surface area contributed by atoms with Crippen molar-refractivity contribution in [2.75, 3.05) is 32.7 Å². The van der Waals surface area contributed by atoms with Gasteiger partial charge in [0.1, 0.15) is 11.6 Å². The maximum atomic E-state index is 13.9. The Balaban J connectivity index is 2.67. The Labute approximate surface area is 131 Å². The topological polar surface area (TPSA) is 32.7 Å². The SMILES string of the molecule is CCC(CSC)N(C)CCC(O)c1c(F)cccc1OC. The summed E-state index contributed by atoms with van der Waals surface area (Å²) in [4.78, 5) is 2.23. The van der Waals surface area contributed by atoms with Gasteiger partial charge in [0.2, 0.25) is 0 Å². The van der Waals surface area contributed by atoms with E-state index < -0.39 is 11.9 Å². The zero-order chi connectivity index (χ0) is 15.8. The van der Waals surface area contributed by atoms with E-state index in [9.17, 15) is 9.50 Å². The van der Waals surface area contributed by atoms with Crippen LogP contribution in [0.4, 0.5) is 4.39 Å². The molecule has 0 aliphatic heterocycles. The third kappa shape index (κ3) is 5.16. The number of ether oxygens (including phenoxy) is 1. The van der Waals surface area contributed by atoms with E-state index in [2.05, 4.69) is 25.1 Å². The Bertz CT molecular complexity index is 431. The molecule has 0 bridgehead atoms. The van der Waals surface area contributed by atoms with Crippen molar-refractivity contribution in [1.29, 1.82) is 0 Å². The molecule has 5 heteroatoms. The first-order chi connectivity index (χ1) is 10.0. The van der Waals surface area contributed by atoms with Crippen LogP contribution in [0.15, 0.2) is 18.2 Å². The Morgan fingerprint density at radius 2 is 2.14 bits per heavy atom. The van der Waals surface area contributed by atoms with Crippen LogP contribution in [-0.4, -0.2) is 48.8 Å². The van der Waals surface area contributed by atoms with Gasteiger partial charge in [0.05, 0.1) is 18.8 Å². The van der Waals surface area contributed by atoms with Gasteiger partial charge in [-0.3, -0.25) is 0 Å². The molecule has 0 saturated carbocycles. The van der Waals surface area contributed by atoms with E-state index in [0.29, 0.717) is 18.2 Å². The number of benzene rings is 1. The summed E-state index contributed by atoms with van der Waals surface area (Å²) < 4.78 is 19.0. The predicted molar refractivity (Wildman–Crippen MR) is 87.6 cm³/mol. The lowest BCUT2D eigenvalue weighted by atomic mass is 10.0. The minimum absolute atomic E-state index is 0.256. The lowest BCUT2D eigenvalue weighted by Crippen LogP contribution is -2.34. The number of hydrogen-bond acceptors (Lipinski definition) is 4. The first-order valence-corrected chi connectivity index (χ1v) is 8.64. The largest absolute Gasteiger partial charge is 0.496 e. The van der Waals surface area contributed by atoms with Crippen LogP contribution in [0, 0.1) is 5.82 Å². The minimum atomic E-state index is -0.851. The lowest BCUT2D eigenvalue weighted by Gasteiger charge is -2.27. The van der Waals surface area contributed by atoms with E-state index in [1.807, 2.05) is 11.8 Å². The van der Waals surface area contributed by atoms with Crippen LogP contribution in [0.1, 0.15) is 31.4 Å². The number of hydrogen-bond donors (Lipinski definition) is 1. The van der Waals surface area contributed by atoms with Gasteiger partial charge in [-0.25, -0.2) is 4.39 Å². The molecule has 0 spiro atoms. The van der Waals surface area contributed by atoms with Gasteiger partial charge in [-0.2, -0.15) is 11.8 Å². The van der Waals surface area contributed by atoms with Crippen molar-refractivity contribution >= 4 is 11.8 Å². The Morgan fingerprint density at radius 1 is 1.43 bits per heavy atom. The van der Waals surface area contributed by atoms with Gasteiger partial charge < -0.3 is 14.7 Å².